The van der Waals surface area contributed by atoms with Crippen LogP contribution in [0.3, 0.4) is 0 Å². The van der Waals surface area contributed by atoms with E-state index in [2.05, 4.69) is 28.7 Å². The van der Waals surface area contributed by atoms with Crippen LogP contribution in [0.5, 0.6) is 0 Å². The summed E-state index contributed by atoms with van der Waals surface area (Å²) in [4.78, 5) is 4.06. The second-order valence-electron chi connectivity index (χ2n) is 5.05. The first-order valence-corrected chi connectivity index (χ1v) is 5.35. The van der Waals surface area contributed by atoms with E-state index in [1.54, 1.807) is 0 Å². The molecule has 3 nitrogen and oxygen atoms in total. The van der Waals surface area contributed by atoms with Crippen molar-refractivity contribution in [3.8, 4) is 0 Å². The first kappa shape index (κ1) is 9.71. The molecule has 1 aliphatic carbocycles. The summed E-state index contributed by atoms with van der Waals surface area (Å²) < 4.78 is 2.15. The molecule has 0 unspecified atom stereocenters. The molecular formula is C11H19N3. The number of hydrogen-bond acceptors (Lipinski definition) is 2. The van der Waals surface area contributed by atoms with Gasteiger partial charge in [0.15, 0.2) is 0 Å². The van der Waals surface area contributed by atoms with Crippen molar-refractivity contribution in [3.63, 3.8) is 0 Å². The van der Waals surface area contributed by atoms with Gasteiger partial charge in [-0.3, -0.25) is 0 Å². The fourth-order valence-electron chi connectivity index (χ4n) is 1.64. The first-order chi connectivity index (χ1) is 6.66. The van der Waals surface area contributed by atoms with Crippen molar-refractivity contribution < 1.29 is 0 Å². The molecule has 0 spiro atoms. The lowest BCUT2D eigenvalue weighted by Gasteiger charge is -2.25. The number of imidazole rings is 1. The van der Waals surface area contributed by atoms with E-state index in [0.717, 1.165) is 19.1 Å². The molecule has 1 aromatic heterocycles. The number of nitrogens with zero attached hydrogens (tertiary/aromatic N) is 2. The minimum absolute atomic E-state index is 0.309. The second kappa shape index (κ2) is 3.73. The molecule has 0 aliphatic heterocycles. The summed E-state index contributed by atoms with van der Waals surface area (Å²) in [5.74, 6) is 0. The Labute approximate surface area is 85.5 Å². The number of nitrogens with one attached hydrogen (secondary N) is 1. The lowest BCUT2D eigenvalue weighted by molar-refractivity contribution is 0.288. The zero-order valence-corrected chi connectivity index (χ0v) is 9.03. The molecule has 1 aromatic rings. The van der Waals surface area contributed by atoms with Crippen LogP contribution < -0.4 is 5.32 Å². The van der Waals surface area contributed by atoms with Crippen molar-refractivity contribution in [2.75, 3.05) is 6.54 Å². The molecule has 0 aromatic carbocycles. The molecule has 1 N–H and O–H groups in total. The van der Waals surface area contributed by atoms with E-state index in [-0.39, 0.29) is 0 Å². The van der Waals surface area contributed by atoms with Crippen LogP contribution in [-0.2, 0) is 6.54 Å². The molecule has 2 rings (SSSR count). The van der Waals surface area contributed by atoms with Crippen LogP contribution >= 0.6 is 0 Å². The Morgan fingerprint density at radius 3 is 2.86 bits per heavy atom. The standard InChI is InChI=1S/C11H19N3/c1-11(2,7-13-10-3-4-10)8-14-6-5-12-9-14/h5-6,9-10,13H,3-4,7-8H2,1-2H3. The Balaban J connectivity index is 1.81. The molecule has 14 heavy (non-hydrogen) atoms. The fraction of sp³-hybridized carbons (Fsp3) is 0.727. The van der Waals surface area contributed by atoms with Gasteiger partial charge in [-0.25, -0.2) is 4.98 Å². The average molecular weight is 193 g/mol. The molecule has 0 saturated heterocycles. The normalized spacial score (nSPS) is 17.3. The van der Waals surface area contributed by atoms with Gasteiger partial charge in [0.05, 0.1) is 6.33 Å². The van der Waals surface area contributed by atoms with Crippen LogP contribution in [0.4, 0.5) is 0 Å². The van der Waals surface area contributed by atoms with E-state index < -0.39 is 0 Å². The summed E-state index contributed by atoms with van der Waals surface area (Å²) in [5, 5.41) is 3.58. The van der Waals surface area contributed by atoms with Gasteiger partial charge in [0.25, 0.3) is 0 Å². The predicted molar refractivity (Wildman–Crippen MR) is 57.0 cm³/mol. The van der Waals surface area contributed by atoms with Crippen molar-refractivity contribution in [3.05, 3.63) is 18.7 Å². The van der Waals surface area contributed by atoms with Gasteiger partial charge in [-0.1, -0.05) is 13.8 Å². The Kier molecular flexibility index (Phi) is 2.59. The Morgan fingerprint density at radius 2 is 2.29 bits per heavy atom. The molecule has 0 radical (unpaired) electrons. The molecule has 3 heteroatoms. The molecule has 1 saturated carbocycles. The highest BCUT2D eigenvalue weighted by Crippen LogP contribution is 2.22. The molecule has 1 aliphatic rings. The van der Waals surface area contributed by atoms with Gasteiger partial charge in [0.2, 0.25) is 0 Å². The van der Waals surface area contributed by atoms with Gasteiger partial charge in [0.1, 0.15) is 0 Å². The van der Waals surface area contributed by atoms with Gasteiger partial charge in [0, 0.05) is 31.5 Å². The first-order valence-electron chi connectivity index (χ1n) is 5.35. The lowest BCUT2D eigenvalue weighted by atomic mass is 9.93. The minimum Gasteiger partial charge on any atom is -0.337 e. The fourth-order valence-corrected chi connectivity index (χ4v) is 1.64. The quantitative estimate of drug-likeness (QED) is 0.770. The van der Waals surface area contributed by atoms with Gasteiger partial charge < -0.3 is 9.88 Å². The predicted octanol–water partition coefficient (Wildman–Crippen LogP) is 1.66. The van der Waals surface area contributed by atoms with Crippen molar-refractivity contribution >= 4 is 0 Å². The van der Waals surface area contributed by atoms with Crippen LogP contribution in [0.15, 0.2) is 18.7 Å². The molecule has 1 fully saturated rings. The number of aromatic nitrogens is 2. The van der Waals surface area contributed by atoms with Gasteiger partial charge in [-0.2, -0.15) is 0 Å². The van der Waals surface area contributed by atoms with Crippen LogP contribution in [0.1, 0.15) is 26.7 Å². The van der Waals surface area contributed by atoms with Crippen LogP contribution in [0, 0.1) is 5.41 Å². The van der Waals surface area contributed by atoms with E-state index >= 15 is 0 Å². The summed E-state index contributed by atoms with van der Waals surface area (Å²) in [6.07, 6.45) is 8.48. The van der Waals surface area contributed by atoms with Gasteiger partial charge in [-0.15, -0.1) is 0 Å². The highest BCUT2D eigenvalue weighted by Gasteiger charge is 2.25. The van der Waals surface area contributed by atoms with Crippen LogP contribution in [0.2, 0.25) is 0 Å². The zero-order chi connectivity index (χ0) is 10.0. The Morgan fingerprint density at radius 1 is 1.50 bits per heavy atom. The molecular weight excluding hydrogens is 174 g/mol. The highest BCUT2D eigenvalue weighted by atomic mass is 15.0. The van der Waals surface area contributed by atoms with Gasteiger partial charge in [-0.05, 0) is 18.3 Å². The largest absolute Gasteiger partial charge is 0.337 e. The summed E-state index contributed by atoms with van der Waals surface area (Å²) >= 11 is 0. The van der Waals surface area contributed by atoms with Gasteiger partial charge >= 0.3 is 0 Å². The van der Waals surface area contributed by atoms with E-state index in [0.29, 0.717) is 5.41 Å². The molecule has 0 amide bonds. The van der Waals surface area contributed by atoms with E-state index in [1.807, 2.05) is 18.7 Å². The minimum atomic E-state index is 0.309. The third-order valence-corrected chi connectivity index (χ3v) is 2.62. The summed E-state index contributed by atoms with van der Waals surface area (Å²) in [6.45, 7) is 6.72. The maximum Gasteiger partial charge on any atom is 0.0946 e. The zero-order valence-electron chi connectivity index (χ0n) is 9.03. The number of hydrogen-bond donors (Lipinski definition) is 1. The average Bonchev–Trinajstić information content (AvgIpc) is 2.82. The lowest BCUT2D eigenvalue weighted by Crippen LogP contribution is -2.33. The van der Waals surface area contributed by atoms with Crippen molar-refractivity contribution in [2.24, 2.45) is 5.41 Å². The monoisotopic (exact) mass is 193 g/mol. The molecule has 1 heterocycles. The smallest absolute Gasteiger partial charge is 0.0946 e. The number of rotatable bonds is 5. The summed E-state index contributed by atoms with van der Waals surface area (Å²) in [7, 11) is 0. The highest BCUT2D eigenvalue weighted by molar-refractivity contribution is 4.85. The molecule has 0 atom stereocenters. The maximum atomic E-state index is 4.06. The Hall–Kier alpha value is -0.830. The molecule has 78 valence electrons. The summed E-state index contributed by atoms with van der Waals surface area (Å²) in [5.41, 5.74) is 0.309. The van der Waals surface area contributed by atoms with E-state index in [9.17, 15) is 0 Å². The van der Waals surface area contributed by atoms with Crippen molar-refractivity contribution in [2.45, 2.75) is 39.3 Å². The SMILES string of the molecule is CC(C)(CNC1CC1)Cn1ccnc1. The third kappa shape index (κ3) is 2.84. The van der Waals surface area contributed by atoms with Crippen LogP contribution in [0.25, 0.3) is 0 Å². The topological polar surface area (TPSA) is 29.9 Å². The third-order valence-electron chi connectivity index (χ3n) is 2.62. The maximum absolute atomic E-state index is 4.06. The second-order valence-corrected chi connectivity index (χ2v) is 5.05. The Bertz CT molecular complexity index is 273. The van der Waals surface area contributed by atoms with Crippen LogP contribution in [-0.4, -0.2) is 22.1 Å². The molecule has 0 bridgehead atoms. The van der Waals surface area contributed by atoms with E-state index in [1.165, 1.54) is 12.8 Å². The van der Waals surface area contributed by atoms with E-state index in [4.69, 9.17) is 0 Å². The van der Waals surface area contributed by atoms with Crippen molar-refractivity contribution in [1.29, 1.82) is 0 Å². The van der Waals surface area contributed by atoms with Crippen molar-refractivity contribution in [1.82, 2.24) is 14.9 Å². The summed E-state index contributed by atoms with van der Waals surface area (Å²) in [6, 6.07) is 0.803.